The zero-order valence-corrected chi connectivity index (χ0v) is 20.0. The Bertz CT molecular complexity index is 1190. The largest absolute Gasteiger partial charge is 0.492 e. The Morgan fingerprint density at radius 3 is 2.50 bits per heavy atom. The standard InChI is InChI=1S/C24H32N4O3S/c1-23(2,28-32(4,29)30)18-7-5-17(6-8-18)19-15-27-22-21(19)20(9-12-26-22)31-16-24(3)10-13-25-14-11-24/h5-9,12,15,25,28H,10-11,13-14,16H2,1-4H3,(H,26,27). The van der Waals surface area contributed by atoms with E-state index in [2.05, 4.69) is 26.9 Å². The second-order valence-electron chi connectivity index (χ2n) is 9.66. The quantitative estimate of drug-likeness (QED) is 0.503. The predicted octanol–water partition coefficient (Wildman–Crippen LogP) is 3.78. The lowest BCUT2D eigenvalue weighted by atomic mass is 9.82. The summed E-state index contributed by atoms with van der Waals surface area (Å²) in [6, 6.07) is 9.86. The van der Waals surface area contributed by atoms with Crippen molar-refractivity contribution in [1.82, 2.24) is 20.0 Å². The van der Waals surface area contributed by atoms with Crippen LogP contribution in [0.25, 0.3) is 22.2 Å². The molecule has 1 aromatic carbocycles. The summed E-state index contributed by atoms with van der Waals surface area (Å²) in [5.41, 5.74) is 3.17. The fourth-order valence-corrected chi connectivity index (χ4v) is 5.43. The molecular weight excluding hydrogens is 424 g/mol. The van der Waals surface area contributed by atoms with Gasteiger partial charge in [-0.1, -0.05) is 31.2 Å². The third kappa shape index (κ3) is 4.98. The smallest absolute Gasteiger partial charge is 0.209 e. The molecule has 32 heavy (non-hydrogen) atoms. The van der Waals surface area contributed by atoms with Crippen LogP contribution in [0.15, 0.2) is 42.7 Å². The molecule has 3 N–H and O–H groups in total. The normalized spacial score (nSPS) is 16.9. The van der Waals surface area contributed by atoms with Gasteiger partial charge in [-0.2, -0.15) is 0 Å². The highest BCUT2D eigenvalue weighted by Crippen LogP contribution is 2.37. The summed E-state index contributed by atoms with van der Waals surface area (Å²) in [5, 5.41) is 4.38. The molecule has 0 spiro atoms. The topological polar surface area (TPSA) is 96.1 Å². The van der Waals surface area contributed by atoms with Gasteiger partial charge < -0.3 is 15.0 Å². The number of aromatic amines is 1. The number of benzene rings is 1. The maximum absolute atomic E-state index is 11.7. The zero-order chi connectivity index (χ0) is 23.0. The van der Waals surface area contributed by atoms with Gasteiger partial charge in [0.05, 0.1) is 23.8 Å². The van der Waals surface area contributed by atoms with Crippen molar-refractivity contribution in [2.75, 3.05) is 26.0 Å². The average molecular weight is 457 g/mol. The summed E-state index contributed by atoms with van der Waals surface area (Å²) in [5.74, 6) is 0.828. The molecule has 0 atom stereocenters. The minimum Gasteiger partial charge on any atom is -0.492 e. The number of nitrogens with one attached hydrogen (secondary N) is 3. The third-order valence-electron chi connectivity index (χ3n) is 6.28. The molecule has 0 saturated carbocycles. The minimum atomic E-state index is -3.32. The Kier molecular flexibility index (Phi) is 6.04. The van der Waals surface area contributed by atoms with Gasteiger partial charge in [0.2, 0.25) is 10.0 Å². The van der Waals surface area contributed by atoms with Gasteiger partial charge in [-0.3, -0.25) is 0 Å². The van der Waals surface area contributed by atoms with Gasteiger partial charge in [-0.15, -0.1) is 0 Å². The number of H-pyrrole nitrogens is 1. The number of ether oxygens (including phenoxy) is 1. The first-order valence-electron chi connectivity index (χ1n) is 11.0. The van der Waals surface area contributed by atoms with E-state index >= 15 is 0 Å². The Labute approximate surface area is 190 Å². The minimum absolute atomic E-state index is 0.164. The Morgan fingerprint density at radius 2 is 1.84 bits per heavy atom. The van der Waals surface area contributed by atoms with Crippen molar-refractivity contribution in [3.8, 4) is 16.9 Å². The molecule has 0 unspecified atom stereocenters. The highest BCUT2D eigenvalue weighted by molar-refractivity contribution is 7.88. The van der Waals surface area contributed by atoms with Gasteiger partial charge in [0, 0.05) is 23.4 Å². The van der Waals surface area contributed by atoms with Gasteiger partial charge >= 0.3 is 0 Å². The number of hydrogen-bond acceptors (Lipinski definition) is 5. The number of hydrogen-bond donors (Lipinski definition) is 3. The summed E-state index contributed by atoms with van der Waals surface area (Å²) in [6.45, 7) is 8.71. The van der Waals surface area contributed by atoms with Gasteiger partial charge in [0.25, 0.3) is 0 Å². The molecular formula is C24H32N4O3S. The summed E-state index contributed by atoms with van der Waals surface area (Å²) < 4.78 is 32.5. The van der Waals surface area contributed by atoms with Crippen molar-refractivity contribution in [1.29, 1.82) is 0 Å². The van der Waals surface area contributed by atoms with E-state index in [9.17, 15) is 8.42 Å². The Balaban J connectivity index is 1.62. The molecule has 3 heterocycles. The molecule has 1 fully saturated rings. The Morgan fingerprint density at radius 1 is 1.16 bits per heavy atom. The van der Waals surface area contributed by atoms with Gasteiger partial charge in [-0.05, 0) is 57.0 Å². The van der Waals surface area contributed by atoms with Crippen LogP contribution in [0.3, 0.4) is 0 Å². The average Bonchev–Trinajstić information content (AvgIpc) is 3.16. The van der Waals surface area contributed by atoms with Crippen LogP contribution in [0, 0.1) is 5.41 Å². The highest BCUT2D eigenvalue weighted by Gasteiger charge is 2.28. The lowest BCUT2D eigenvalue weighted by Gasteiger charge is -2.33. The van der Waals surface area contributed by atoms with Crippen LogP contribution in [-0.4, -0.2) is 44.3 Å². The number of nitrogens with zero attached hydrogens (tertiary/aromatic N) is 1. The highest BCUT2D eigenvalue weighted by atomic mass is 32.2. The van der Waals surface area contributed by atoms with Crippen LogP contribution in [0.2, 0.25) is 0 Å². The molecule has 1 aliphatic heterocycles. The fourth-order valence-electron chi connectivity index (χ4n) is 4.39. The van der Waals surface area contributed by atoms with Crippen molar-refractivity contribution >= 4 is 21.1 Å². The molecule has 0 bridgehead atoms. The Hall–Kier alpha value is -2.42. The maximum Gasteiger partial charge on any atom is 0.209 e. The first-order chi connectivity index (χ1) is 15.1. The number of pyridine rings is 1. The SMILES string of the molecule is CC1(COc2ccnc3[nH]cc(-c4ccc(C(C)(C)NS(C)(=O)=O)cc4)c23)CCNCC1. The van der Waals surface area contributed by atoms with Crippen molar-refractivity contribution in [2.24, 2.45) is 5.41 Å². The number of sulfonamides is 1. The van der Waals surface area contributed by atoms with Crippen LogP contribution >= 0.6 is 0 Å². The van der Waals surface area contributed by atoms with E-state index in [1.54, 1.807) is 6.20 Å². The molecule has 0 aliphatic carbocycles. The van der Waals surface area contributed by atoms with Crippen LogP contribution in [-0.2, 0) is 15.6 Å². The molecule has 2 aromatic heterocycles. The van der Waals surface area contributed by atoms with E-state index in [1.165, 1.54) is 6.26 Å². The number of fused-ring (bicyclic) bond motifs is 1. The van der Waals surface area contributed by atoms with Crippen LogP contribution in [0.4, 0.5) is 0 Å². The van der Waals surface area contributed by atoms with Gasteiger partial charge in [-0.25, -0.2) is 18.1 Å². The summed E-state index contributed by atoms with van der Waals surface area (Å²) in [4.78, 5) is 7.73. The second-order valence-corrected chi connectivity index (χ2v) is 11.4. The van der Waals surface area contributed by atoms with Crippen molar-refractivity contribution < 1.29 is 13.2 Å². The number of rotatable bonds is 7. The molecule has 0 radical (unpaired) electrons. The van der Waals surface area contributed by atoms with Crippen molar-refractivity contribution in [3.63, 3.8) is 0 Å². The first kappa shape index (κ1) is 22.8. The third-order valence-corrected chi connectivity index (χ3v) is 7.16. The van der Waals surface area contributed by atoms with E-state index in [0.717, 1.165) is 59.4 Å². The molecule has 0 amide bonds. The molecule has 1 aliphatic rings. The van der Waals surface area contributed by atoms with Crippen LogP contribution in [0.5, 0.6) is 5.75 Å². The van der Waals surface area contributed by atoms with Gasteiger partial charge in [0.15, 0.2) is 0 Å². The monoisotopic (exact) mass is 456 g/mol. The lowest BCUT2D eigenvalue weighted by molar-refractivity contribution is 0.124. The molecule has 8 heteroatoms. The van der Waals surface area contributed by atoms with E-state index in [0.29, 0.717) is 6.61 Å². The van der Waals surface area contributed by atoms with Crippen molar-refractivity contribution in [2.45, 2.75) is 39.2 Å². The molecule has 172 valence electrons. The van der Waals surface area contributed by atoms with E-state index in [-0.39, 0.29) is 5.41 Å². The summed E-state index contributed by atoms with van der Waals surface area (Å²) in [6.07, 6.45) is 7.09. The first-order valence-corrected chi connectivity index (χ1v) is 12.9. The van der Waals surface area contributed by atoms with E-state index in [4.69, 9.17) is 4.74 Å². The molecule has 7 nitrogen and oxygen atoms in total. The van der Waals surface area contributed by atoms with Crippen molar-refractivity contribution in [3.05, 3.63) is 48.3 Å². The molecule has 4 rings (SSSR count). The van der Waals surface area contributed by atoms with E-state index < -0.39 is 15.6 Å². The second kappa shape index (κ2) is 8.50. The van der Waals surface area contributed by atoms with Crippen LogP contribution in [0.1, 0.15) is 39.2 Å². The number of aromatic nitrogens is 2. The lowest BCUT2D eigenvalue weighted by Crippen LogP contribution is -2.40. The van der Waals surface area contributed by atoms with Gasteiger partial charge in [0.1, 0.15) is 11.4 Å². The summed E-state index contributed by atoms with van der Waals surface area (Å²) >= 11 is 0. The summed E-state index contributed by atoms with van der Waals surface area (Å²) in [7, 11) is -3.32. The van der Waals surface area contributed by atoms with E-state index in [1.807, 2.05) is 50.4 Å². The maximum atomic E-state index is 11.7. The fraction of sp³-hybridized carbons (Fsp3) is 0.458. The zero-order valence-electron chi connectivity index (χ0n) is 19.2. The molecule has 3 aromatic rings. The predicted molar refractivity (Wildman–Crippen MR) is 128 cm³/mol. The van der Waals surface area contributed by atoms with Crippen LogP contribution < -0.4 is 14.8 Å². The number of piperidine rings is 1. The molecule has 1 saturated heterocycles.